The third-order valence-corrected chi connectivity index (χ3v) is 3.75. The lowest BCUT2D eigenvalue weighted by atomic mass is 9.93. The van der Waals surface area contributed by atoms with E-state index in [-0.39, 0.29) is 11.5 Å². The minimum Gasteiger partial charge on any atom is -0.509 e. The first-order chi connectivity index (χ1) is 8.57. The molecule has 0 bridgehead atoms. The van der Waals surface area contributed by atoms with Crippen LogP contribution in [0.1, 0.15) is 58.3 Å². The molecule has 1 saturated carbocycles. The SMILES string of the molecule is CCCCCC/C(O)=C(\O)C1CCCC1C(=O)O. The molecule has 104 valence electrons. The van der Waals surface area contributed by atoms with Crippen molar-refractivity contribution in [3.63, 3.8) is 0 Å². The Morgan fingerprint density at radius 3 is 2.33 bits per heavy atom. The molecule has 4 heteroatoms. The van der Waals surface area contributed by atoms with Crippen LogP contribution in [0.2, 0.25) is 0 Å². The molecule has 1 fully saturated rings. The molecule has 1 aliphatic rings. The highest BCUT2D eigenvalue weighted by Gasteiger charge is 2.36. The fourth-order valence-corrected chi connectivity index (χ4v) is 2.64. The predicted molar refractivity (Wildman–Crippen MR) is 69.5 cm³/mol. The zero-order valence-corrected chi connectivity index (χ0v) is 11.1. The van der Waals surface area contributed by atoms with Crippen LogP contribution in [0.4, 0.5) is 0 Å². The number of aliphatic hydroxyl groups excluding tert-OH is 2. The molecule has 4 nitrogen and oxygen atoms in total. The summed E-state index contributed by atoms with van der Waals surface area (Å²) in [5.41, 5.74) is 0. The van der Waals surface area contributed by atoms with Crippen molar-refractivity contribution in [3.05, 3.63) is 11.5 Å². The van der Waals surface area contributed by atoms with Crippen molar-refractivity contribution < 1.29 is 20.1 Å². The average molecular weight is 256 g/mol. The van der Waals surface area contributed by atoms with E-state index in [0.717, 1.165) is 32.1 Å². The van der Waals surface area contributed by atoms with Gasteiger partial charge in [-0.25, -0.2) is 0 Å². The lowest BCUT2D eigenvalue weighted by Crippen LogP contribution is -2.20. The Morgan fingerprint density at radius 2 is 1.72 bits per heavy atom. The van der Waals surface area contributed by atoms with E-state index >= 15 is 0 Å². The molecule has 0 aromatic carbocycles. The second-order valence-electron chi connectivity index (χ2n) is 5.12. The first kappa shape index (κ1) is 14.9. The summed E-state index contributed by atoms with van der Waals surface area (Å²) in [6.07, 6.45) is 6.61. The number of carbonyl (C=O) groups is 1. The molecule has 2 atom stereocenters. The molecule has 0 amide bonds. The molecule has 1 rings (SSSR count). The first-order valence-corrected chi connectivity index (χ1v) is 6.91. The molecule has 0 heterocycles. The van der Waals surface area contributed by atoms with E-state index < -0.39 is 17.8 Å². The lowest BCUT2D eigenvalue weighted by Gasteiger charge is -2.16. The quantitative estimate of drug-likeness (QED) is 0.478. The van der Waals surface area contributed by atoms with Gasteiger partial charge in [0.15, 0.2) is 0 Å². The molecule has 1 aliphatic carbocycles. The van der Waals surface area contributed by atoms with Gasteiger partial charge in [0.05, 0.1) is 5.92 Å². The first-order valence-electron chi connectivity index (χ1n) is 6.91. The fraction of sp³-hybridized carbons (Fsp3) is 0.786. The van der Waals surface area contributed by atoms with Crippen LogP contribution in [0.15, 0.2) is 11.5 Å². The molecular formula is C14H24O4. The summed E-state index contributed by atoms with van der Waals surface area (Å²) in [6, 6.07) is 0. The van der Waals surface area contributed by atoms with Gasteiger partial charge in [0.2, 0.25) is 0 Å². The van der Waals surface area contributed by atoms with Gasteiger partial charge >= 0.3 is 5.97 Å². The van der Waals surface area contributed by atoms with Crippen molar-refractivity contribution in [3.8, 4) is 0 Å². The second kappa shape index (κ2) is 7.29. The van der Waals surface area contributed by atoms with Crippen LogP contribution in [0.25, 0.3) is 0 Å². The Bertz CT molecular complexity index is 309. The zero-order chi connectivity index (χ0) is 13.5. The van der Waals surface area contributed by atoms with Crippen molar-refractivity contribution >= 4 is 5.97 Å². The molecule has 2 unspecified atom stereocenters. The normalized spacial score (nSPS) is 24.9. The van der Waals surface area contributed by atoms with Gasteiger partial charge in [0, 0.05) is 12.3 Å². The van der Waals surface area contributed by atoms with E-state index in [9.17, 15) is 15.0 Å². The minimum atomic E-state index is -0.872. The molecule has 0 radical (unpaired) electrons. The van der Waals surface area contributed by atoms with E-state index in [4.69, 9.17) is 5.11 Å². The number of unbranched alkanes of at least 4 members (excludes halogenated alkanes) is 3. The predicted octanol–water partition coefficient (Wildman–Crippen LogP) is 3.79. The van der Waals surface area contributed by atoms with Crippen molar-refractivity contribution in [1.29, 1.82) is 0 Å². The number of hydrogen-bond donors (Lipinski definition) is 3. The van der Waals surface area contributed by atoms with E-state index in [1.165, 1.54) is 0 Å². The molecule has 3 N–H and O–H groups in total. The Morgan fingerprint density at radius 1 is 1.06 bits per heavy atom. The maximum absolute atomic E-state index is 11.0. The molecule has 0 aromatic heterocycles. The van der Waals surface area contributed by atoms with E-state index in [0.29, 0.717) is 19.3 Å². The van der Waals surface area contributed by atoms with Gasteiger partial charge < -0.3 is 15.3 Å². The van der Waals surface area contributed by atoms with Gasteiger partial charge in [-0.2, -0.15) is 0 Å². The van der Waals surface area contributed by atoms with Crippen LogP contribution in [0.5, 0.6) is 0 Å². The summed E-state index contributed by atoms with van der Waals surface area (Å²) in [7, 11) is 0. The second-order valence-corrected chi connectivity index (χ2v) is 5.12. The standard InChI is InChI=1S/C14H24O4/c1-2-3-4-5-9-12(15)13(16)10-7-6-8-11(10)14(17)18/h10-11,15-16H,2-9H2,1H3,(H,17,18)/b13-12+. The van der Waals surface area contributed by atoms with Crippen LogP contribution < -0.4 is 0 Å². The Balaban J connectivity index is 2.54. The number of allylic oxidation sites excluding steroid dienone is 2. The largest absolute Gasteiger partial charge is 0.509 e. The van der Waals surface area contributed by atoms with Crippen LogP contribution in [-0.4, -0.2) is 21.3 Å². The van der Waals surface area contributed by atoms with E-state index in [2.05, 4.69) is 6.92 Å². The van der Waals surface area contributed by atoms with Gasteiger partial charge in [-0.3, -0.25) is 4.79 Å². The maximum Gasteiger partial charge on any atom is 0.307 e. The number of carboxylic acid groups (broad SMARTS) is 1. The molecule has 0 aliphatic heterocycles. The van der Waals surface area contributed by atoms with Gasteiger partial charge in [0.25, 0.3) is 0 Å². The van der Waals surface area contributed by atoms with E-state index in [1.54, 1.807) is 0 Å². The van der Waals surface area contributed by atoms with Gasteiger partial charge in [-0.05, 0) is 19.3 Å². The summed E-state index contributed by atoms with van der Waals surface area (Å²) in [5.74, 6) is -1.90. The maximum atomic E-state index is 11.0. The van der Waals surface area contributed by atoms with Crippen LogP contribution in [0, 0.1) is 11.8 Å². The molecule has 0 saturated heterocycles. The third kappa shape index (κ3) is 3.93. The van der Waals surface area contributed by atoms with Gasteiger partial charge in [-0.15, -0.1) is 0 Å². The smallest absolute Gasteiger partial charge is 0.307 e. The summed E-state index contributed by atoms with van der Waals surface area (Å²) >= 11 is 0. The topological polar surface area (TPSA) is 77.8 Å². The fourth-order valence-electron chi connectivity index (χ4n) is 2.64. The number of hydrogen-bond acceptors (Lipinski definition) is 3. The Labute approximate surface area is 108 Å². The summed E-state index contributed by atoms with van der Waals surface area (Å²) in [6.45, 7) is 2.11. The molecule has 18 heavy (non-hydrogen) atoms. The number of aliphatic hydroxyl groups is 2. The highest BCUT2D eigenvalue weighted by molar-refractivity contribution is 5.71. The zero-order valence-electron chi connectivity index (χ0n) is 11.1. The molecule has 0 aromatic rings. The van der Waals surface area contributed by atoms with Crippen molar-refractivity contribution in [2.75, 3.05) is 0 Å². The van der Waals surface area contributed by atoms with Crippen LogP contribution in [0.3, 0.4) is 0 Å². The van der Waals surface area contributed by atoms with Gasteiger partial charge in [-0.1, -0.05) is 32.6 Å². The van der Waals surface area contributed by atoms with E-state index in [1.807, 2.05) is 0 Å². The van der Waals surface area contributed by atoms with Gasteiger partial charge in [0.1, 0.15) is 11.5 Å². The summed E-state index contributed by atoms with van der Waals surface area (Å²) in [4.78, 5) is 11.0. The van der Waals surface area contributed by atoms with Crippen molar-refractivity contribution in [1.82, 2.24) is 0 Å². The summed E-state index contributed by atoms with van der Waals surface area (Å²) in [5, 5.41) is 28.8. The number of rotatable bonds is 7. The Kier molecular flexibility index (Phi) is 6.02. The molecule has 0 spiro atoms. The highest BCUT2D eigenvalue weighted by atomic mass is 16.4. The average Bonchev–Trinajstić information content (AvgIpc) is 2.82. The third-order valence-electron chi connectivity index (χ3n) is 3.75. The molecular weight excluding hydrogens is 232 g/mol. The monoisotopic (exact) mass is 256 g/mol. The summed E-state index contributed by atoms with van der Waals surface area (Å²) < 4.78 is 0. The minimum absolute atomic E-state index is 0.00995. The van der Waals surface area contributed by atoms with Crippen LogP contribution in [-0.2, 0) is 4.79 Å². The van der Waals surface area contributed by atoms with Crippen LogP contribution >= 0.6 is 0 Å². The Hall–Kier alpha value is -1.19. The highest BCUT2D eigenvalue weighted by Crippen LogP contribution is 2.37. The lowest BCUT2D eigenvalue weighted by molar-refractivity contribution is -0.142. The number of carboxylic acids is 1. The number of aliphatic carboxylic acids is 1. The van der Waals surface area contributed by atoms with Crippen molar-refractivity contribution in [2.24, 2.45) is 11.8 Å². The van der Waals surface area contributed by atoms with Crippen molar-refractivity contribution in [2.45, 2.75) is 58.3 Å².